The summed E-state index contributed by atoms with van der Waals surface area (Å²) in [7, 11) is -3.77. The molecule has 2 heterocycles. The number of halogens is 1. The number of nitrogens with one attached hydrogen (secondary N) is 3. The molecule has 0 amide bonds. The lowest BCUT2D eigenvalue weighted by Gasteiger charge is -2.13. The van der Waals surface area contributed by atoms with Crippen LogP contribution >= 0.6 is 11.6 Å². The van der Waals surface area contributed by atoms with E-state index in [4.69, 9.17) is 11.6 Å². The third-order valence-corrected chi connectivity index (χ3v) is 6.86. The molecule has 0 atom stereocenters. The van der Waals surface area contributed by atoms with E-state index >= 15 is 0 Å². The average molecular weight is 495 g/mol. The first-order chi connectivity index (χ1) is 16.2. The van der Waals surface area contributed by atoms with Gasteiger partial charge in [0.05, 0.1) is 4.90 Å². The number of pyridine rings is 1. The van der Waals surface area contributed by atoms with Gasteiger partial charge in [0.2, 0.25) is 0 Å². The normalized spacial score (nSPS) is 11.2. The van der Waals surface area contributed by atoms with Crippen LogP contribution in [0.4, 0.5) is 28.8 Å². The molecule has 2 aromatic heterocycles. The van der Waals surface area contributed by atoms with Crippen LogP contribution in [0.3, 0.4) is 0 Å². The number of benzene rings is 2. The minimum absolute atomic E-state index is 0.141. The summed E-state index contributed by atoms with van der Waals surface area (Å²) < 4.78 is 28.2. The first-order valence-corrected chi connectivity index (χ1v) is 12.3. The van der Waals surface area contributed by atoms with Crippen LogP contribution in [0.5, 0.6) is 0 Å². The maximum atomic E-state index is 12.8. The zero-order valence-electron chi connectivity index (χ0n) is 18.8. The Hall–Kier alpha value is -3.69. The number of hydrogen-bond acceptors (Lipinski definition) is 7. The zero-order chi connectivity index (χ0) is 24.3. The molecule has 8 nitrogen and oxygen atoms in total. The van der Waals surface area contributed by atoms with Gasteiger partial charge in [0.1, 0.15) is 23.3 Å². The summed E-state index contributed by atoms with van der Waals surface area (Å²) in [4.78, 5) is 13.3. The molecule has 3 N–H and O–H groups in total. The fourth-order valence-electron chi connectivity index (χ4n) is 3.29. The van der Waals surface area contributed by atoms with Crippen molar-refractivity contribution >= 4 is 50.5 Å². The Morgan fingerprint density at radius 2 is 1.47 bits per heavy atom. The Morgan fingerprint density at radius 1 is 0.794 bits per heavy atom. The van der Waals surface area contributed by atoms with Crippen LogP contribution in [0.1, 0.15) is 17.0 Å². The molecule has 34 heavy (non-hydrogen) atoms. The first kappa shape index (κ1) is 23.5. The third-order valence-electron chi connectivity index (χ3n) is 4.93. The lowest BCUT2D eigenvalue weighted by Crippen LogP contribution is -2.14. The van der Waals surface area contributed by atoms with Crippen LogP contribution in [0.15, 0.2) is 71.8 Å². The molecule has 0 saturated carbocycles. The molecule has 4 rings (SSSR count). The quantitative estimate of drug-likeness (QED) is 0.300. The van der Waals surface area contributed by atoms with E-state index in [-0.39, 0.29) is 4.90 Å². The van der Waals surface area contributed by atoms with Crippen molar-refractivity contribution in [3.05, 3.63) is 88.8 Å². The smallest absolute Gasteiger partial charge is 0.262 e. The maximum absolute atomic E-state index is 12.8. The van der Waals surface area contributed by atoms with Gasteiger partial charge in [-0.15, -0.1) is 0 Å². The average Bonchev–Trinajstić information content (AvgIpc) is 2.76. The molecule has 0 radical (unpaired) electrons. The summed E-state index contributed by atoms with van der Waals surface area (Å²) in [5.74, 6) is 2.47. The predicted molar refractivity (Wildman–Crippen MR) is 136 cm³/mol. The van der Waals surface area contributed by atoms with E-state index in [2.05, 4.69) is 30.3 Å². The van der Waals surface area contributed by atoms with Crippen molar-refractivity contribution in [1.82, 2.24) is 15.0 Å². The molecule has 4 aromatic rings. The Bertz CT molecular complexity index is 1440. The van der Waals surface area contributed by atoms with Crippen molar-refractivity contribution < 1.29 is 8.42 Å². The zero-order valence-corrected chi connectivity index (χ0v) is 20.4. The van der Waals surface area contributed by atoms with Gasteiger partial charge in [-0.05, 0) is 80.4 Å². The van der Waals surface area contributed by atoms with Crippen molar-refractivity contribution in [3.8, 4) is 0 Å². The second-order valence-corrected chi connectivity index (χ2v) is 9.76. The molecule has 0 spiro atoms. The molecule has 0 fully saturated rings. The highest BCUT2D eigenvalue weighted by atomic mass is 35.5. The van der Waals surface area contributed by atoms with Crippen LogP contribution in [0, 0.1) is 20.8 Å². The van der Waals surface area contributed by atoms with Crippen LogP contribution in [0.25, 0.3) is 0 Å². The second kappa shape index (κ2) is 9.66. The largest absolute Gasteiger partial charge is 0.340 e. The second-order valence-electron chi connectivity index (χ2n) is 7.70. The highest BCUT2D eigenvalue weighted by molar-refractivity contribution is 7.92. The van der Waals surface area contributed by atoms with Crippen molar-refractivity contribution in [2.24, 2.45) is 0 Å². The van der Waals surface area contributed by atoms with Gasteiger partial charge in [0.15, 0.2) is 0 Å². The van der Waals surface area contributed by atoms with E-state index in [1.807, 2.05) is 19.1 Å². The number of anilines is 5. The van der Waals surface area contributed by atoms with Crippen LogP contribution in [0.2, 0.25) is 5.02 Å². The fraction of sp³-hybridized carbons (Fsp3) is 0.125. The Balaban J connectivity index is 1.48. The summed E-state index contributed by atoms with van der Waals surface area (Å²) in [5, 5.41) is 6.79. The van der Waals surface area contributed by atoms with Gasteiger partial charge in [0.25, 0.3) is 10.0 Å². The molecule has 0 aliphatic heterocycles. The SMILES string of the molecule is Cc1ccnc(Nc2cc(Nc3ccc(NS(=O)(=O)c4cccc(Cl)c4C)cc3)nc(C)n2)c1. The Labute approximate surface area is 203 Å². The van der Waals surface area contributed by atoms with Gasteiger partial charge >= 0.3 is 0 Å². The highest BCUT2D eigenvalue weighted by Gasteiger charge is 2.18. The van der Waals surface area contributed by atoms with E-state index < -0.39 is 10.0 Å². The highest BCUT2D eigenvalue weighted by Crippen LogP contribution is 2.26. The van der Waals surface area contributed by atoms with Crippen molar-refractivity contribution in [2.75, 3.05) is 15.4 Å². The van der Waals surface area contributed by atoms with Crippen molar-refractivity contribution in [3.63, 3.8) is 0 Å². The lowest BCUT2D eigenvalue weighted by atomic mass is 10.2. The summed E-state index contributed by atoms with van der Waals surface area (Å²) in [6.07, 6.45) is 1.73. The lowest BCUT2D eigenvalue weighted by molar-refractivity contribution is 0.600. The number of nitrogens with zero attached hydrogens (tertiary/aromatic N) is 3. The summed E-state index contributed by atoms with van der Waals surface area (Å²) >= 11 is 6.08. The van der Waals surface area contributed by atoms with Gasteiger partial charge in [-0.3, -0.25) is 4.72 Å². The van der Waals surface area contributed by atoms with E-state index in [1.165, 1.54) is 6.07 Å². The van der Waals surface area contributed by atoms with Crippen LogP contribution < -0.4 is 15.4 Å². The fourth-order valence-corrected chi connectivity index (χ4v) is 4.85. The van der Waals surface area contributed by atoms with Crippen molar-refractivity contribution in [1.29, 1.82) is 0 Å². The topological polar surface area (TPSA) is 109 Å². The molecule has 0 aliphatic carbocycles. The number of sulfonamides is 1. The van der Waals surface area contributed by atoms with Crippen LogP contribution in [-0.4, -0.2) is 23.4 Å². The summed E-state index contributed by atoms with van der Waals surface area (Å²) in [6.45, 7) is 5.46. The van der Waals surface area contributed by atoms with E-state index in [9.17, 15) is 8.42 Å². The van der Waals surface area contributed by atoms with E-state index in [0.29, 0.717) is 39.6 Å². The minimum Gasteiger partial charge on any atom is -0.340 e. The molecule has 0 saturated heterocycles. The molecule has 2 aromatic carbocycles. The molecule has 174 valence electrons. The number of aromatic nitrogens is 3. The van der Waals surface area contributed by atoms with E-state index in [1.54, 1.807) is 62.5 Å². The molecule has 0 bridgehead atoms. The Kier molecular flexibility index (Phi) is 6.67. The maximum Gasteiger partial charge on any atom is 0.262 e. The standard InChI is InChI=1S/C24H23ClN6O2S/c1-15-11-12-26-22(13-15)30-24-14-23(27-17(3)28-24)29-18-7-9-19(10-8-18)31-34(32,33)21-6-4-5-20(25)16(21)2/h4-14,31H,1-3H3,(H2,26,27,28,29,30). The number of rotatable bonds is 7. The molecule has 0 unspecified atom stereocenters. The number of aryl methyl sites for hydroxylation is 2. The first-order valence-electron chi connectivity index (χ1n) is 10.4. The molecular weight excluding hydrogens is 472 g/mol. The van der Waals surface area contributed by atoms with Gasteiger partial charge in [-0.25, -0.2) is 23.4 Å². The van der Waals surface area contributed by atoms with Gasteiger partial charge in [-0.2, -0.15) is 0 Å². The van der Waals surface area contributed by atoms with Gasteiger partial charge in [-0.1, -0.05) is 17.7 Å². The molecule has 0 aliphatic rings. The van der Waals surface area contributed by atoms with Gasteiger partial charge in [0, 0.05) is 28.7 Å². The predicted octanol–water partition coefficient (Wildman–Crippen LogP) is 5.74. The molecule has 10 heteroatoms. The Morgan fingerprint density at radius 3 is 2.18 bits per heavy atom. The van der Waals surface area contributed by atoms with Crippen LogP contribution in [-0.2, 0) is 10.0 Å². The monoisotopic (exact) mass is 494 g/mol. The minimum atomic E-state index is -3.77. The third kappa shape index (κ3) is 5.62. The van der Waals surface area contributed by atoms with Crippen molar-refractivity contribution in [2.45, 2.75) is 25.7 Å². The summed E-state index contributed by atoms with van der Waals surface area (Å²) in [5.41, 5.74) is 2.75. The van der Waals surface area contributed by atoms with Gasteiger partial charge < -0.3 is 10.6 Å². The number of hydrogen-bond donors (Lipinski definition) is 3. The molecular formula is C24H23ClN6O2S. The van der Waals surface area contributed by atoms with E-state index in [0.717, 1.165) is 11.3 Å². The summed E-state index contributed by atoms with van der Waals surface area (Å²) in [6, 6.07) is 17.3.